The molecule has 2 heterocycles. The molecule has 2 saturated heterocycles. The summed E-state index contributed by atoms with van der Waals surface area (Å²) >= 11 is 1.80. The van der Waals surface area contributed by atoms with E-state index in [0.717, 1.165) is 12.0 Å². The van der Waals surface area contributed by atoms with Crippen molar-refractivity contribution in [3.63, 3.8) is 0 Å². The second-order valence-electron chi connectivity index (χ2n) is 5.36. The lowest BCUT2D eigenvalue weighted by molar-refractivity contribution is -0.137. The molecule has 1 saturated carbocycles. The second-order valence-corrected chi connectivity index (χ2v) is 6.65. The molecule has 3 nitrogen and oxygen atoms in total. The molecule has 1 aliphatic carbocycles. The Morgan fingerprint density at radius 1 is 1.35 bits per heavy atom. The number of hydrogen-bond donors (Lipinski definition) is 0. The van der Waals surface area contributed by atoms with Gasteiger partial charge in [-0.15, -0.1) is 11.8 Å². The first kappa shape index (κ1) is 13.2. The van der Waals surface area contributed by atoms with Gasteiger partial charge < -0.3 is 9.64 Å². The number of ether oxygens (including phenoxy) is 1. The highest BCUT2D eigenvalue weighted by molar-refractivity contribution is 8.00. The van der Waals surface area contributed by atoms with E-state index in [-0.39, 0.29) is 5.97 Å². The van der Waals surface area contributed by atoms with E-state index >= 15 is 0 Å². The Balaban J connectivity index is 1.83. The SMILES string of the molecule is COC(=O)CS[C@@H]1CC[C@H]2CCC(C1)CN2C. The number of carbonyl (C=O) groups is 1. The number of esters is 1. The van der Waals surface area contributed by atoms with Crippen LogP contribution in [0, 0.1) is 5.92 Å². The zero-order valence-corrected chi connectivity index (χ0v) is 11.7. The Morgan fingerprint density at radius 3 is 2.82 bits per heavy atom. The summed E-state index contributed by atoms with van der Waals surface area (Å²) in [6, 6.07) is 0.785. The number of piperidine rings is 1. The first-order valence-electron chi connectivity index (χ1n) is 6.57. The lowest BCUT2D eigenvalue weighted by atomic mass is 9.83. The van der Waals surface area contributed by atoms with E-state index < -0.39 is 0 Å². The van der Waals surface area contributed by atoms with Gasteiger partial charge >= 0.3 is 5.97 Å². The standard InChI is InChI=1S/C13H23NO2S/c1-14-8-10-3-4-11(14)5-6-12(7-10)17-9-13(15)16-2/h10-12H,3-9H2,1-2H3/t10?,11-,12-/m1/s1. The number of methoxy groups -OCH3 is 1. The molecule has 2 aliphatic heterocycles. The Bertz CT molecular complexity index is 272. The molecule has 0 aromatic heterocycles. The summed E-state index contributed by atoms with van der Waals surface area (Å²) < 4.78 is 4.71. The van der Waals surface area contributed by atoms with Gasteiger partial charge in [0.2, 0.25) is 0 Å². The highest BCUT2D eigenvalue weighted by Crippen LogP contribution is 2.35. The van der Waals surface area contributed by atoms with Gasteiger partial charge in [0, 0.05) is 17.8 Å². The number of rotatable bonds is 3. The van der Waals surface area contributed by atoms with Crippen LogP contribution >= 0.6 is 11.8 Å². The molecule has 4 heteroatoms. The van der Waals surface area contributed by atoms with E-state index in [2.05, 4.69) is 11.9 Å². The zero-order chi connectivity index (χ0) is 12.3. The van der Waals surface area contributed by atoms with Gasteiger partial charge in [-0.25, -0.2) is 0 Å². The molecule has 0 aromatic rings. The van der Waals surface area contributed by atoms with E-state index in [1.165, 1.54) is 45.8 Å². The van der Waals surface area contributed by atoms with Crippen LogP contribution in [0.5, 0.6) is 0 Å². The third kappa shape index (κ3) is 3.62. The Morgan fingerprint density at radius 2 is 2.12 bits per heavy atom. The van der Waals surface area contributed by atoms with Crippen LogP contribution in [0.4, 0.5) is 0 Å². The lowest BCUT2D eigenvalue weighted by Crippen LogP contribution is -2.43. The van der Waals surface area contributed by atoms with Crippen LogP contribution < -0.4 is 0 Å². The van der Waals surface area contributed by atoms with E-state index in [4.69, 9.17) is 4.74 Å². The van der Waals surface area contributed by atoms with Gasteiger partial charge in [-0.2, -0.15) is 0 Å². The molecule has 2 bridgehead atoms. The molecule has 0 radical (unpaired) electrons. The number of nitrogens with zero attached hydrogens (tertiary/aromatic N) is 1. The quantitative estimate of drug-likeness (QED) is 0.725. The maximum atomic E-state index is 11.2. The third-order valence-electron chi connectivity index (χ3n) is 4.16. The fraction of sp³-hybridized carbons (Fsp3) is 0.923. The minimum atomic E-state index is -0.0839. The molecule has 0 aromatic carbocycles. The summed E-state index contributed by atoms with van der Waals surface area (Å²) in [5.41, 5.74) is 0. The van der Waals surface area contributed by atoms with Crippen molar-refractivity contribution >= 4 is 17.7 Å². The Hall–Kier alpha value is -0.220. The van der Waals surface area contributed by atoms with Crippen molar-refractivity contribution in [2.24, 2.45) is 5.92 Å². The first-order valence-corrected chi connectivity index (χ1v) is 7.62. The van der Waals surface area contributed by atoms with Crippen molar-refractivity contribution in [3.05, 3.63) is 0 Å². The summed E-state index contributed by atoms with van der Waals surface area (Å²) in [5, 5.41) is 0.663. The summed E-state index contributed by atoms with van der Waals surface area (Å²) in [5.74, 6) is 1.28. The van der Waals surface area contributed by atoms with Gasteiger partial charge in [-0.1, -0.05) is 0 Å². The van der Waals surface area contributed by atoms with Crippen molar-refractivity contribution in [1.82, 2.24) is 4.90 Å². The largest absolute Gasteiger partial charge is 0.468 e. The van der Waals surface area contributed by atoms with Crippen molar-refractivity contribution in [2.75, 3.05) is 26.5 Å². The number of hydrogen-bond acceptors (Lipinski definition) is 4. The molecule has 3 atom stereocenters. The molecule has 0 amide bonds. The summed E-state index contributed by atoms with van der Waals surface area (Å²) in [6.07, 6.45) is 6.58. The van der Waals surface area contributed by atoms with Crippen LogP contribution in [0.2, 0.25) is 0 Å². The molecule has 0 spiro atoms. The van der Waals surface area contributed by atoms with Crippen molar-refractivity contribution < 1.29 is 9.53 Å². The Kier molecular flexibility index (Phi) is 4.74. The molecule has 3 rings (SSSR count). The van der Waals surface area contributed by atoms with Crippen LogP contribution in [-0.4, -0.2) is 48.6 Å². The zero-order valence-electron chi connectivity index (χ0n) is 10.9. The van der Waals surface area contributed by atoms with Gasteiger partial charge in [-0.3, -0.25) is 4.79 Å². The normalized spacial score (nSPS) is 34.1. The van der Waals surface area contributed by atoms with Gasteiger partial charge in [0.1, 0.15) is 0 Å². The monoisotopic (exact) mass is 257 g/mol. The van der Waals surface area contributed by atoms with E-state index in [9.17, 15) is 4.79 Å². The summed E-state index contributed by atoms with van der Waals surface area (Å²) in [7, 11) is 3.73. The van der Waals surface area contributed by atoms with Gasteiger partial charge in [0.15, 0.2) is 0 Å². The molecule has 3 aliphatic rings. The molecule has 3 fully saturated rings. The molecule has 98 valence electrons. The van der Waals surface area contributed by atoms with E-state index in [0.29, 0.717) is 11.0 Å². The molecule has 1 unspecified atom stereocenters. The third-order valence-corrected chi connectivity index (χ3v) is 5.46. The fourth-order valence-corrected chi connectivity index (χ4v) is 4.32. The Labute approximate surface area is 108 Å². The highest BCUT2D eigenvalue weighted by atomic mass is 32.2. The average Bonchev–Trinajstić information content (AvgIpc) is 2.29. The number of fused-ring (bicyclic) bond motifs is 5. The topological polar surface area (TPSA) is 29.5 Å². The van der Waals surface area contributed by atoms with Crippen LogP contribution in [-0.2, 0) is 9.53 Å². The predicted molar refractivity (Wildman–Crippen MR) is 71.3 cm³/mol. The van der Waals surface area contributed by atoms with E-state index in [1.807, 2.05) is 0 Å². The van der Waals surface area contributed by atoms with Crippen molar-refractivity contribution in [2.45, 2.75) is 43.4 Å². The molecular formula is C13H23NO2S. The average molecular weight is 257 g/mol. The smallest absolute Gasteiger partial charge is 0.315 e. The summed E-state index contributed by atoms with van der Waals surface area (Å²) in [6.45, 7) is 1.25. The van der Waals surface area contributed by atoms with Gasteiger partial charge in [-0.05, 0) is 45.1 Å². The van der Waals surface area contributed by atoms with Crippen LogP contribution in [0.1, 0.15) is 32.1 Å². The van der Waals surface area contributed by atoms with Crippen LogP contribution in [0.3, 0.4) is 0 Å². The van der Waals surface area contributed by atoms with E-state index in [1.54, 1.807) is 11.8 Å². The maximum Gasteiger partial charge on any atom is 0.315 e. The minimum absolute atomic E-state index is 0.0839. The molecule has 17 heavy (non-hydrogen) atoms. The summed E-state index contributed by atoms with van der Waals surface area (Å²) in [4.78, 5) is 13.7. The maximum absolute atomic E-state index is 11.2. The predicted octanol–water partition coefficient (Wildman–Crippen LogP) is 2.16. The second kappa shape index (κ2) is 6.10. The first-order chi connectivity index (χ1) is 8.19. The van der Waals surface area contributed by atoms with Gasteiger partial charge in [0.05, 0.1) is 12.9 Å². The molecular weight excluding hydrogens is 234 g/mol. The minimum Gasteiger partial charge on any atom is -0.468 e. The number of thioether (sulfide) groups is 1. The van der Waals surface area contributed by atoms with Crippen molar-refractivity contribution in [1.29, 1.82) is 0 Å². The van der Waals surface area contributed by atoms with Crippen molar-refractivity contribution in [3.8, 4) is 0 Å². The number of carbonyl (C=O) groups excluding carboxylic acids is 1. The highest BCUT2D eigenvalue weighted by Gasteiger charge is 2.31. The van der Waals surface area contributed by atoms with Crippen LogP contribution in [0.15, 0.2) is 0 Å². The molecule has 0 N–H and O–H groups in total. The van der Waals surface area contributed by atoms with Gasteiger partial charge in [0.25, 0.3) is 0 Å². The van der Waals surface area contributed by atoms with Crippen LogP contribution in [0.25, 0.3) is 0 Å². The fourth-order valence-electron chi connectivity index (χ4n) is 3.12. The lowest BCUT2D eigenvalue weighted by Gasteiger charge is -2.41.